The molecule has 1 aliphatic heterocycles. The number of hydroxylamine groups is 1. The fourth-order valence-corrected chi connectivity index (χ4v) is 4.85. The van der Waals surface area contributed by atoms with Gasteiger partial charge in [-0.05, 0) is 51.2 Å². The van der Waals surface area contributed by atoms with Gasteiger partial charge in [-0.15, -0.1) is 0 Å². The fraction of sp³-hybridized carbons (Fsp3) is 0.515. The normalized spacial score (nSPS) is 15.9. The van der Waals surface area contributed by atoms with E-state index in [0.29, 0.717) is 25.7 Å². The maximum absolute atomic E-state index is 14.2. The van der Waals surface area contributed by atoms with Gasteiger partial charge in [0.15, 0.2) is 6.04 Å². The maximum Gasteiger partial charge on any atom is 0.429 e. The van der Waals surface area contributed by atoms with Crippen LogP contribution in [0.1, 0.15) is 83.8 Å². The Balaban J connectivity index is 1.80. The molecule has 1 saturated heterocycles. The number of rotatable bonds is 13. The Morgan fingerprint density at radius 2 is 1.56 bits per heavy atom. The Morgan fingerprint density at radius 3 is 2.16 bits per heavy atom. The summed E-state index contributed by atoms with van der Waals surface area (Å²) in [6.07, 6.45) is 2.79. The monoisotopic (exact) mass is 595 g/mol. The van der Waals surface area contributed by atoms with Crippen molar-refractivity contribution < 1.29 is 33.5 Å². The molecule has 1 aliphatic rings. The summed E-state index contributed by atoms with van der Waals surface area (Å²) in [5.41, 5.74) is 3.32. The number of ether oxygens (including phenoxy) is 2. The molecule has 43 heavy (non-hydrogen) atoms. The number of unbranched alkanes of at least 4 members (excludes halogenated alkanes) is 2. The third-order valence-electron chi connectivity index (χ3n) is 6.93. The Labute approximate surface area is 254 Å². The minimum Gasteiger partial charge on any atom is -0.458 e. The zero-order valence-corrected chi connectivity index (χ0v) is 25.8. The number of carbonyl (C=O) groups is 4. The SMILES string of the molecule is CCCCC[C@H](CC(=O)NOCc1ccccc1)C(=O)N1[C@@H](C(=O)OC(C)(C)C)CCCN1C(=O)OCc1ccccc1. The topological polar surface area (TPSA) is 114 Å². The van der Waals surface area contributed by atoms with E-state index in [4.69, 9.17) is 14.3 Å². The first-order chi connectivity index (χ1) is 20.6. The molecular weight excluding hydrogens is 550 g/mol. The number of benzene rings is 2. The van der Waals surface area contributed by atoms with Gasteiger partial charge >= 0.3 is 12.1 Å². The van der Waals surface area contributed by atoms with Crippen molar-refractivity contribution in [3.05, 3.63) is 71.8 Å². The van der Waals surface area contributed by atoms with Crippen molar-refractivity contribution in [2.75, 3.05) is 6.54 Å². The van der Waals surface area contributed by atoms with Gasteiger partial charge < -0.3 is 9.47 Å². The van der Waals surface area contributed by atoms with E-state index < -0.39 is 41.4 Å². The molecule has 10 nitrogen and oxygen atoms in total. The van der Waals surface area contributed by atoms with Gasteiger partial charge in [0.2, 0.25) is 11.8 Å². The molecule has 0 aromatic heterocycles. The Kier molecular flexibility index (Phi) is 13.0. The fourth-order valence-electron chi connectivity index (χ4n) is 4.85. The van der Waals surface area contributed by atoms with Crippen LogP contribution in [0.15, 0.2) is 60.7 Å². The molecule has 2 aromatic carbocycles. The summed E-state index contributed by atoms with van der Waals surface area (Å²) >= 11 is 0. The van der Waals surface area contributed by atoms with Crippen molar-refractivity contribution in [3.8, 4) is 0 Å². The number of nitrogens with one attached hydrogen (secondary N) is 1. The van der Waals surface area contributed by atoms with Crippen molar-refractivity contribution in [2.24, 2.45) is 5.92 Å². The molecule has 0 spiro atoms. The molecule has 234 valence electrons. The lowest BCUT2D eigenvalue weighted by Gasteiger charge is -2.43. The van der Waals surface area contributed by atoms with Crippen molar-refractivity contribution in [2.45, 2.75) is 97.5 Å². The number of nitrogens with zero attached hydrogens (tertiary/aromatic N) is 2. The standard InChI is InChI=1S/C33H45N3O7/c1-5-6-9-19-27(22-29(37)34-42-24-26-17-12-8-13-18-26)30(38)36-28(31(39)43-33(2,3)4)20-14-21-35(36)32(40)41-23-25-15-10-7-11-16-25/h7-8,10-13,15-18,27-28H,5-6,9,14,19-24H2,1-4H3,(H,34,37)/t27-,28-/m1/s1. The van der Waals surface area contributed by atoms with Crippen LogP contribution in [0.25, 0.3) is 0 Å². The van der Waals surface area contributed by atoms with E-state index in [2.05, 4.69) is 12.4 Å². The molecule has 3 amide bonds. The van der Waals surface area contributed by atoms with Crippen LogP contribution in [-0.2, 0) is 41.9 Å². The lowest BCUT2D eigenvalue weighted by atomic mass is 9.94. The van der Waals surface area contributed by atoms with E-state index in [1.807, 2.05) is 60.7 Å². The number of esters is 1. The number of hydrogen-bond donors (Lipinski definition) is 1. The smallest absolute Gasteiger partial charge is 0.429 e. The predicted octanol–water partition coefficient (Wildman–Crippen LogP) is 5.71. The van der Waals surface area contributed by atoms with Crippen LogP contribution in [0.3, 0.4) is 0 Å². The van der Waals surface area contributed by atoms with Gasteiger partial charge in [-0.3, -0.25) is 14.4 Å². The minimum atomic E-state index is -1.03. The molecule has 0 bridgehead atoms. The highest BCUT2D eigenvalue weighted by atomic mass is 16.6. The second-order valence-corrected chi connectivity index (χ2v) is 11.7. The summed E-state index contributed by atoms with van der Waals surface area (Å²) in [6, 6.07) is 17.6. The highest BCUT2D eigenvalue weighted by Crippen LogP contribution is 2.28. The van der Waals surface area contributed by atoms with Gasteiger partial charge in [0, 0.05) is 18.9 Å². The van der Waals surface area contributed by atoms with Crippen LogP contribution >= 0.6 is 0 Å². The summed E-state index contributed by atoms with van der Waals surface area (Å²) in [6.45, 7) is 7.67. The van der Waals surface area contributed by atoms with Gasteiger partial charge in [-0.25, -0.2) is 25.1 Å². The Morgan fingerprint density at radius 1 is 0.930 bits per heavy atom. The largest absolute Gasteiger partial charge is 0.458 e. The molecule has 0 aliphatic carbocycles. The predicted molar refractivity (Wildman–Crippen MR) is 161 cm³/mol. The molecule has 2 aromatic rings. The Hall–Kier alpha value is -3.92. The molecule has 0 radical (unpaired) electrons. The number of amides is 3. The minimum absolute atomic E-state index is 0.0103. The highest BCUT2D eigenvalue weighted by molar-refractivity contribution is 5.90. The highest BCUT2D eigenvalue weighted by Gasteiger charge is 2.44. The zero-order valence-electron chi connectivity index (χ0n) is 25.8. The van der Waals surface area contributed by atoms with Crippen LogP contribution in [0.4, 0.5) is 4.79 Å². The van der Waals surface area contributed by atoms with E-state index in [0.717, 1.165) is 24.0 Å². The van der Waals surface area contributed by atoms with Crippen molar-refractivity contribution in [1.82, 2.24) is 15.5 Å². The van der Waals surface area contributed by atoms with Crippen LogP contribution in [0, 0.1) is 5.92 Å². The van der Waals surface area contributed by atoms with Crippen molar-refractivity contribution in [3.63, 3.8) is 0 Å². The van der Waals surface area contributed by atoms with E-state index in [1.54, 1.807) is 20.8 Å². The van der Waals surface area contributed by atoms with Crippen LogP contribution < -0.4 is 5.48 Å². The van der Waals surface area contributed by atoms with E-state index in [1.165, 1.54) is 10.0 Å². The first-order valence-corrected chi connectivity index (χ1v) is 15.1. The average molecular weight is 596 g/mol. The lowest BCUT2D eigenvalue weighted by Crippen LogP contribution is -2.62. The summed E-state index contributed by atoms with van der Waals surface area (Å²) < 4.78 is 11.2. The number of carbonyl (C=O) groups excluding carboxylic acids is 4. The second kappa shape index (κ2) is 16.6. The quantitative estimate of drug-likeness (QED) is 0.179. The number of hydrogen-bond acceptors (Lipinski definition) is 7. The molecule has 3 rings (SSSR count). The van der Waals surface area contributed by atoms with Crippen LogP contribution in [0.2, 0.25) is 0 Å². The molecule has 10 heteroatoms. The molecule has 0 unspecified atom stereocenters. The summed E-state index contributed by atoms with van der Waals surface area (Å²) in [7, 11) is 0. The van der Waals surface area contributed by atoms with E-state index in [-0.39, 0.29) is 26.2 Å². The van der Waals surface area contributed by atoms with Gasteiger partial charge in [-0.2, -0.15) is 0 Å². The van der Waals surface area contributed by atoms with Gasteiger partial charge in [0.25, 0.3) is 0 Å². The molecule has 1 fully saturated rings. The third kappa shape index (κ3) is 11.0. The third-order valence-corrected chi connectivity index (χ3v) is 6.93. The van der Waals surface area contributed by atoms with Crippen molar-refractivity contribution >= 4 is 23.9 Å². The molecular formula is C33H45N3O7. The van der Waals surface area contributed by atoms with Gasteiger partial charge in [0.1, 0.15) is 12.2 Å². The van der Waals surface area contributed by atoms with Crippen molar-refractivity contribution in [1.29, 1.82) is 0 Å². The summed E-state index contributed by atoms with van der Waals surface area (Å²) in [5.74, 6) is -2.36. The number of hydrazine groups is 1. The first-order valence-electron chi connectivity index (χ1n) is 15.1. The molecule has 0 saturated carbocycles. The average Bonchev–Trinajstić information content (AvgIpc) is 2.99. The summed E-state index contributed by atoms with van der Waals surface area (Å²) in [5, 5.41) is 2.37. The van der Waals surface area contributed by atoms with Crippen LogP contribution in [0.5, 0.6) is 0 Å². The van der Waals surface area contributed by atoms with E-state index >= 15 is 0 Å². The molecule has 1 heterocycles. The second-order valence-electron chi connectivity index (χ2n) is 11.7. The lowest BCUT2D eigenvalue weighted by molar-refractivity contribution is -0.183. The molecule has 2 atom stereocenters. The summed E-state index contributed by atoms with van der Waals surface area (Å²) in [4.78, 5) is 59.3. The maximum atomic E-state index is 14.2. The van der Waals surface area contributed by atoms with Crippen LogP contribution in [-0.4, -0.2) is 52.1 Å². The first kappa shape index (κ1) is 33.6. The molecule has 1 N–H and O–H groups in total. The van der Waals surface area contributed by atoms with Gasteiger partial charge in [-0.1, -0.05) is 86.8 Å². The van der Waals surface area contributed by atoms with Gasteiger partial charge in [0.05, 0.1) is 6.61 Å². The van der Waals surface area contributed by atoms with E-state index in [9.17, 15) is 19.2 Å². The zero-order chi connectivity index (χ0) is 31.2. The Bertz CT molecular complexity index is 1180.